The van der Waals surface area contributed by atoms with Crippen molar-refractivity contribution >= 4 is 33.1 Å². The molecule has 3 aromatic carbocycles. The molecule has 1 aromatic heterocycles. The van der Waals surface area contributed by atoms with Crippen LogP contribution in [0, 0.1) is 20.2 Å². The highest BCUT2D eigenvalue weighted by Gasteiger charge is 2.16. The van der Waals surface area contributed by atoms with E-state index in [-0.39, 0.29) is 18.0 Å². The first kappa shape index (κ1) is 17.5. The summed E-state index contributed by atoms with van der Waals surface area (Å²) >= 11 is 0. The lowest BCUT2D eigenvalue weighted by atomic mass is 9.98. The minimum Gasteiger partial charge on any atom is -0.392 e. The van der Waals surface area contributed by atoms with Gasteiger partial charge in [-0.05, 0) is 23.1 Å². The van der Waals surface area contributed by atoms with Crippen molar-refractivity contribution in [1.82, 2.24) is 4.98 Å². The second-order valence-corrected chi connectivity index (χ2v) is 6.26. The number of nitro groups is 2. The van der Waals surface area contributed by atoms with Crippen LogP contribution in [0.4, 0.5) is 11.4 Å². The first-order chi connectivity index (χ1) is 13.5. The minimum absolute atomic E-state index is 0.0659. The molecule has 1 N–H and O–H groups in total. The van der Waals surface area contributed by atoms with Crippen LogP contribution in [0.15, 0.2) is 60.7 Å². The molecule has 0 aliphatic heterocycles. The van der Waals surface area contributed by atoms with Crippen LogP contribution in [0.2, 0.25) is 0 Å². The van der Waals surface area contributed by atoms with Gasteiger partial charge in [-0.25, -0.2) is 4.98 Å². The number of fused-ring (bicyclic) bond motifs is 3. The molecule has 4 rings (SSSR count). The van der Waals surface area contributed by atoms with E-state index in [9.17, 15) is 25.3 Å². The second-order valence-electron chi connectivity index (χ2n) is 6.26. The van der Waals surface area contributed by atoms with Crippen LogP contribution in [0.25, 0.3) is 32.9 Å². The highest BCUT2D eigenvalue weighted by atomic mass is 16.6. The summed E-state index contributed by atoms with van der Waals surface area (Å²) in [5.74, 6) is 0. The van der Waals surface area contributed by atoms with E-state index in [1.54, 1.807) is 36.4 Å². The maximum absolute atomic E-state index is 11.2. The van der Waals surface area contributed by atoms with Gasteiger partial charge in [-0.3, -0.25) is 20.2 Å². The van der Waals surface area contributed by atoms with Gasteiger partial charge in [-0.15, -0.1) is 0 Å². The number of nitro benzene ring substituents is 2. The fourth-order valence-corrected chi connectivity index (χ4v) is 3.20. The molecule has 0 amide bonds. The van der Waals surface area contributed by atoms with Gasteiger partial charge in [0, 0.05) is 40.6 Å². The molecule has 1 heterocycles. The topological polar surface area (TPSA) is 119 Å². The normalized spacial score (nSPS) is 11.0. The van der Waals surface area contributed by atoms with Gasteiger partial charge in [-0.1, -0.05) is 24.3 Å². The first-order valence-corrected chi connectivity index (χ1v) is 8.34. The van der Waals surface area contributed by atoms with Gasteiger partial charge in [0.1, 0.15) is 0 Å². The summed E-state index contributed by atoms with van der Waals surface area (Å²) in [6.07, 6.45) is 0. The number of hydrogen-bond donors (Lipinski definition) is 1. The number of benzene rings is 3. The Balaban J connectivity index is 2.08. The van der Waals surface area contributed by atoms with E-state index in [1.807, 2.05) is 0 Å². The van der Waals surface area contributed by atoms with Crippen LogP contribution in [-0.2, 0) is 6.61 Å². The van der Waals surface area contributed by atoms with Gasteiger partial charge in [-0.2, -0.15) is 0 Å². The number of rotatable bonds is 4. The molecule has 0 aliphatic rings. The second kappa shape index (κ2) is 6.67. The molecule has 8 nitrogen and oxygen atoms in total. The molecule has 0 bridgehead atoms. The highest BCUT2D eigenvalue weighted by Crippen LogP contribution is 2.35. The predicted octanol–water partition coefficient (Wildman–Crippen LogP) is 4.36. The third-order valence-electron chi connectivity index (χ3n) is 4.59. The number of aromatic nitrogens is 1. The average molecular weight is 375 g/mol. The number of non-ortho nitro benzene ring substituents is 2. The third kappa shape index (κ3) is 2.91. The predicted molar refractivity (Wildman–Crippen MR) is 104 cm³/mol. The zero-order valence-electron chi connectivity index (χ0n) is 14.4. The summed E-state index contributed by atoms with van der Waals surface area (Å²) in [6, 6.07) is 15.9. The quantitative estimate of drug-likeness (QED) is 0.321. The highest BCUT2D eigenvalue weighted by molar-refractivity contribution is 6.11. The molecule has 0 spiro atoms. The van der Waals surface area contributed by atoms with Gasteiger partial charge in [0.25, 0.3) is 11.4 Å². The minimum atomic E-state index is -0.489. The molecular weight excluding hydrogens is 362 g/mol. The van der Waals surface area contributed by atoms with E-state index >= 15 is 0 Å². The van der Waals surface area contributed by atoms with E-state index < -0.39 is 9.85 Å². The van der Waals surface area contributed by atoms with Gasteiger partial charge < -0.3 is 5.11 Å². The smallest absolute Gasteiger partial charge is 0.271 e. The maximum atomic E-state index is 11.2. The van der Waals surface area contributed by atoms with Crippen LogP contribution in [-0.4, -0.2) is 19.9 Å². The van der Waals surface area contributed by atoms with Gasteiger partial charge in [0.05, 0.1) is 27.7 Å². The van der Waals surface area contributed by atoms with Crippen molar-refractivity contribution in [3.8, 4) is 11.3 Å². The van der Waals surface area contributed by atoms with Gasteiger partial charge in [0.15, 0.2) is 0 Å². The van der Waals surface area contributed by atoms with Gasteiger partial charge >= 0.3 is 0 Å². The third-order valence-corrected chi connectivity index (χ3v) is 4.59. The fourth-order valence-electron chi connectivity index (χ4n) is 3.20. The lowest BCUT2D eigenvalue weighted by Gasteiger charge is -2.10. The van der Waals surface area contributed by atoms with E-state index in [4.69, 9.17) is 0 Å². The SMILES string of the molecule is O=[N+]([O-])c1ccc2c(c1)nc(-c1ccc(CO)cc1)c1cc([N+](=O)[O-])ccc12. The molecule has 0 aliphatic carbocycles. The molecule has 138 valence electrons. The average Bonchev–Trinajstić information content (AvgIpc) is 2.72. The number of pyridine rings is 1. The van der Waals surface area contributed by atoms with E-state index in [2.05, 4.69) is 4.98 Å². The summed E-state index contributed by atoms with van der Waals surface area (Å²) in [6.45, 7) is -0.107. The largest absolute Gasteiger partial charge is 0.392 e. The van der Waals surface area contributed by atoms with Crippen LogP contribution in [0.5, 0.6) is 0 Å². The molecule has 8 heteroatoms. The monoisotopic (exact) mass is 375 g/mol. The molecule has 0 saturated carbocycles. The van der Waals surface area contributed by atoms with Crippen LogP contribution in [0.1, 0.15) is 5.56 Å². The number of aliphatic hydroxyl groups excluding tert-OH is 1. The Bertz CT molecular complexity index is 1250. The van der Waals surface area contributed by atoms with E-state index in [0.717, 1.165) is 5.56 Å². The number of nitrogens with zero attached hydrogens (tertiary/aromatic N) is 3. The Hall–Kier alpha value is -3.91. The lowest BCUT2D eigenvalue weighted by molar-refractivity contribution is -0.384. The first-order valence-electron chi connectivity index (χ1n) is 8.34. The van der Waals surface area contributed by atoms with Crippen LogP contribution in [0.3, 0.4) is 0 Å². The molecular formula is C20H13N3O5. The molecule has 4 aromatic rings. The zero-order chi connectivity index (χ0) is 19.8. The van der Waals surface area contributed by atoms with Crippen LogP contribution < -0.4 is 0 Å². The molecule has 0 atom stereocenters. The summed E-state index contributed by atoms with van der Waals surface area (Å²) in [5.41, 5.74) is 2.17. The molecule has 0 radical (unpaired) electrons. The Morgan fingerprint density at radius 2 is 1.39 bits per heavy atom. The lowest BCUT2D eigenvalue weighted by Crippen LogP contribution is -1.94. The maximum Gasteiger partial charge on any atom is 0.271 e. The number of aliphatic hydroxyl groups is 1. The van der Waals surface area contributed by atoms with E-state index in [0.29, 0.717) is 32.9 Å². The molecule has 28 heavy (non-hydrogen) atoms. The summed E-state index contributed by atoms with van der Waals surface area (Å²) in [5, 5.41) is 33.6. The standard InChI is InChI=1S/C20H13N3O5/c24-11-12-1-3-13(4-2-12)20-18-9-14(22(25)26)5-7-16(18)17-8-6-15(23(27)28)10-19(17)21-20/h1-10,24H,11H2. The summed E-state index contributed by atoms with van der Waals surface area (Å²) < 4.78 is 0. The van der Waals surface area contributed by atoms with Crippen molar-refractivity contribution in [2.45, 2.75) is 6.61 Å². The fraction of sp³-hybridized carbons (Fsp3) is 0.0500. The van der Waals surface area contributed by atoms with Gasteiger partial charge in [0.2, 0.25) is 0 Å². The Labute approximate surface area is 158 Å². The van der Waals surface area contributed by atoms with Crippen molar-refractivity contribution in [3.05, 3.63) is 86.5 Å². The number of hydrogen-bond acceptors (Lipinski definition) is 6. The van der Waals surface area contributed by atoms with Crippen molar-refractivity contribution in [2.24, 2.45) is 0 Å². The van der Waals surface area contributed by atoms with Crippen LogP contribution >= 0.6 is 0 Å². The molecule has 0 unspecified atom stereocenters. The molecule has 0 saturated heterocycles. The van der Waals surface area contributed by atoms with Crippen molar-refractivity contribution < 1.29 is 15.0 Å². The van der Waals surface area contributed by atoms with Crippen molar-refractivity contribution in [3.63, 3.8) is 0 Å². The van der Waals surface area contributed by atoms with Crippen molar-refractivity contribution in [2.75, 3.05) is 0 Å². The summed E-state index contributed by atoms with van der Waals surface area (Å²) in [4.78, 5) is 26.0. The van der Waals surface area contributed by atoms with Crippen molar-refractivity contribution in [1.29, 1.82) is 0 Å². The van der Waals surface area contributed by atoms with E-state index in [1.165, 1.54) is 24.3 Å². The Morgan fingerprint density at radius 1 is 0.786 bits per heavy atom. The molecule has 0 fully saturated rings. The summed E-state index contributed by atoms with van der Waals surface area (Å²) in [7, 11) is 0. The Kier molecular flexibility index (Phi) is 4.17. The Morgan fingerprint density at radius 3 is 2.00 bits per heavy atom. The zero-order valence-corrected chi connectivity index (χ0v) is 14.4.